The topological polar surface area (TPSA) is 59.3 Å². The van der Waals surface area contributed by atoms with Crippen LogP contribution in [0.2, 0.25) is 0 Å². The van der Waals surface area contributed by atoms with Crippen molar-refractivity contribution in [3.05, 3.63) is 64.1 Å². The van der Waals surface area contributed by atoms with E-state index in [1.165, 1.54) is 13.2 Å². The number of benzene rings is 2. The predicted octanol–water partition coefficient (Wildman–Crippen LogP) is 4.26. The fourth-order valence-electron chi connectivity index (χ4n) is 1.94. The lowest BCUT2D eigenvalue weighted by atomic mass is 10.1. The molecule has 0 fully saturated rings. The maximum Gasteiger partial charge on any atom is 0.186 e. The van der Waals surface area contributed by atoms with E-state index < -0.39 is 0 Å². The summed E-state index contributed by atoms with van der Waals surface area (Å²) in [6.07, 6.45) is 3.21. The maximum atomic E-state index is 12.2. The van der Waals surface area contributed by atoms with Gasteiger partial charge in [-0.05, 0) is 35.9 Å². The molecule has 0 saturated heterocycles. The Morgan fingerprint density at radius 1 is 1.26 bits per heavy atom. The van der Waals surface area contributed by atoms with Crippen LogP contribution in [0.4, 0.5) is 0 Å². The number of ether oxygens (including phenoxy) is 2. The van der Waals surface area contributed by atoms with E-state index >= 15 is 0 Å². The quantitative estimate of drug-likeness (QED) is 0.562. The second-order valence-electron chi connectivity index (χ2n) is 4.53. The van der Waals surface area contributed by atoms with Gasteiger partial charge in [-0.1, -0.05) is 40.2 Å². The van der Waals surface area contributed by atoms with Crippen LogP contribution in [0, 0.1) is 11.3 Å². The molecule has 0 aliphatic rings. The van der Waals surface area contributed by atoms with E-state index in [9.17, 15) is 4.79 Å². The van der Waals surface area contributed by atoms with Crippen LogP contribution in [-0.2, 0) is 0 Å². The second kappa shape index (κ2) is 8.16. The van der Waals surface area contributed by atoms with Crippen LogP contribution in [0.3, 0.4) is 0 Å². The Kier molecular flexibility index (Phi) is 5.95. The molecule has 0 bridgehead atoms. The van der Waals surface area contributed by atoms with Gasteiger partial charge in [0.2, 0.25) is 0 Å². The van der Waals surface area contributed by atoms with Gasteiger partial charge in [0.25, 0.3) is 0 Å². The molecule has 0 aliphatic carbocycles. The molecule has 5 heteroatoms. The number of ketones is 1. The smallest absolute Gasteiger partial charge is 0.186 e. The van der Waals surface area contributed by atoms with Crippen LogP contribution in [0.1, 0.15) is 15.9 Å². The molecule has 4 nitrogen and oxygen atoms in total. The van der Waals surface area contributed by atoms with Crippen LogP contribution < -0.4 is 9.47 Å². The van der Waals surface area contributed by atoms with Crippen LogP contribution in [0.25, 0.3) is 6.08 Å². The molecule has 0 aromatic heterocycles. The lowest BCUT2D eigenvalue weighted by Crippen LogP contribution is -1.97. The minimum atomic E-state index is -0.0961. The summed E-state index contributed by atoms with van der Waals surface area (Å²) in [5, 5.41) is 8.55. The number of hydrogen-bond donors (Lipinski definition) is 0. The van der Waals surface area contributed by atoms with E-state index in [-0.39, 0.29) is 12.4 Å². The van der Waals surface area contributed by atoms with E-state index in [1.54, 1.807) is 30.3 Å². The number of carbonyl (C=O) groups excluding carboxylic acids is 1. The maximum absolute atomic E-state index is 12.2. The van der Waals surface area contributed by atoms with Crippen molar-refractivity contribution >= 4 is 27.8 Å². The van der Waals surface area contributed by atoms with Crippen LogP contribution in [0.5, 0.6) is 11.5 Å². The number of rotatable bonds is 6. The molecule has 0 saturated carbocycles. The zero-order chi connectivity index (χ0) is 16.7. The van der Waals surface area contributed by atoms with Crippen LogP contribution in [-0.4, -0.2) is 19.5 Å². The van der Waals surface area contributed by atoms with Crippen molar-refractivity contribution in [3.63, 3.8) is 0 Å². The molecule has 0 amide bonds. The number of hydrogen-bond acceptors (Lipinski definition) is 4. The van der Waals surface area contributed by atoms with Gasteiger partial charge in [0.05, 0.1) is 7.11 Å². The lowest BCUT2D eigenvalue weighted by molar-refractivity contribution is 0.104. The van der Waals surface area contributed by atoms with Crippen LogP contribution in [0.15, 0.2) is 53.0 Å². The molecule has 2 rings (SSSR count). The van der Waals surface area contributed by atoms with Gasteiger partial charge in [-0.3, -0.25) is 4.79 Å². The van der Waals surface area contributed by atoms with Crippen molar-refractivity contribution in [2.45, 2.75) is 0 Å². The Balaban J connectivity index is 2.18. The van der Waals surface area contributed by atoms with Gasteiger partial charge in [0.1, 0.15) is 6.07 Å². The van der Waals surface area contributed by atoms with Crippen molar-refractivity contribution in [2.24, 2.45) is 0 Å². The standard InChI is InChI=1S/C18H14BrNO3/c1-22-18-12-13(7-9-17(18)23-11-10-20)6-8-16(21)14-4-2-3-5-15(14)19/h2-9,12H,11H2,1H3/b8-6+. The molecule has 0 aliphatic heterocycles. The summed E-state index contributed by atoms with van der Waals surface area (Å²) in [6, 6.07) is 14.4. The van der Waals surface area contributed by atoms with Crippen molar-refractivity contribution < 1.29 is 14.3 Å². The molecular weight excluding hydrogens is 358 g/mol. The number of nitriles is 1. The number of methoxy groups -OCH3 is 1. The Morgan fingerprint density at radius 3 is 2.74 bits per heavy atom. The van der Waals surface area contributed by atoms with Gasteiger partial charge in [-0.15, -0.1) is 0 Å². The summed E-state index contributed by atoms with van der Waals surface area (Å²) < 4.78 is 11.2. The SMILES string of the molecule is COc1cc(/C=C/C(=O)c2ccccc2Br)ccc1OCC#N. The lowest BCUT2D eigenvalue weighted by Gasteiger charge is -2.08. The third-order valence-electron chi connectivity index (χ3n) is 3.05. The number of carbonyl (C=O) groups is 1. The summed E-state index contributed by atoms with van der Waals surface area (Å²) in [7, 11) is 1.52. The fraction of sp³-hybridized carbons (Fsp3) is 0.111. The fourth-order valence-corrected chi connectivity index (χ4v) is 2.42. The number of allylic oxidation sites excluding steroid dienone is 1. The Morgan fingerprint density at radius 2 is 2.04 bits per heavy atom. The van der Waals surface area contributed by atoms with Gasteiger partial charge < -0.3 is 9.47 Å². The van der Waals surface area contributed by atoms with E-state index in [4.69, 9.17) is 14.7 Å². The average molecular weight is 372 g/mol. The third kappa shape index (κ3) is 4.44. The average Bonchev–Trinajstić information content (AvgIpc) is 2.58. The van der Waals surface area contributed by atoms with E-state index in [0.29, 0.717) is 17.1 Å². The highest BCUT2D eigenvalue weighted by Gasteiger charge is 2.07. The number of halogens is 1. The normalized spacial score (nSPS) is 10.3. The van der Waals surface area contributed by atoms with Crippen molar-refractivity contribution in [2.75, 3.05) is 13.7 Å². The Hall–Kier alpha value is -2.58. The monoisotopic (exact) mass is 371 g/mol. The summed E-state index contributed by atoms with van der Waals surface area (Å²) >= 11 is 3.36. The van der Waals surface area contributed by atoms with Crippen molar-refractivity contribution in [1.82, 2.24) is 0 Å². The zero-order valence-electron chi connectivity index (χ0n) is 12.5. The van der Waals surface area contributed by atoms with E-state index in [1.807, 2.05) is 24.3 Å². The minimum absolute atomic E-state index is 0.0495. The van der Waals surface area contributed by atoms with Crippen LogP contribution >= 0.6 is 15.9 Å². The first-order valence-electron chi connectivity index (χ1n) is 6.80. The zero-order valence-corrected chi connectivity index (χ0v) is 14.0. The van der Waals surface area contributed by atoms with Gasteiger partial charge in [-0.2, -0.15) is 5.26 Å². The van der Waals surface area contributed by atoms with Gasteiger partial charge >= 0.3 is 0 Å². The molecule has 23 heavy (non-hydrogen) atoms. The van der Waals surface area contributed by atoms with Gasteiger partial charge in [0.15, 0.2) is 23.9 Å². The summed E-state index contributed by atoms with van der Waals surface area (Å²) in [5.41, 5.74) is 1.40. The Bertz CT molecular complexity index is 778. The largest absolute Gasteiger partial charge is 0.493 e. The van der Waals surface area contributed by atoms with Crippen molar-refractivity contribution in [1.29, 1.82) is 5.26 Å². The first-order chi connectivity index (χ1) is 11.2. The second-order valence-corrected chi connectivity index (χ2v) is 5.39. The number of nitrogens with zero attached hydrogens (tertiary/aromatic N) is 1. The molecule has 0 heterocycles. The highest BCUT2D eigenvalue weighted by atomic mass is 79.9. The third-order valence-corrected chi connectivity index (χ3v) is 3.74. The molecule has 0 spiro atoms. The van der Waals surface area contributed by atoms with Gasteiger partial charge in [0, 0.05) is 10.0 Å². The van der Waals surface area contributed by atoms with E-state index in [2.05, 4.69) is 15.9 Å². The first kappa shape index (κ1) is 16.8. The molecule has 116 valence electrons. The molecular formula is C18H14BrNO3. The predicted molar refractivity (Wildman–Crippen MR) is 91.6 cm³/mol. The first-order valence-corrected chi connectivity index (χ1v) is 7.59. The summed E-state index contributed by atoms with van der Waals surface area (Å²) in [5.74, 6) is 0.903. The van der Waals surface area contributed by atoms with Crippen molar-refractivity contribution in [3.8, 4) is 17.6 Å². The van der Waals surface area contributed by atoms with Gasteiger partial charge in [-0.25, -0.2) is 0 Å². The highest BCUT2D eigenvalue weighted by Crippen LogP contribution is 2.28. The molecule has 0 N–H and O–H groups in total. The molecule has 2 aromatic carbocycles. The molecule has 2 aromatic rings. The summed E-state index contributed by atoms with van der Waals surface area (Å²) in [6.45, 7) is -0.0495. The molecule has 0 radical (unpaired) electrons. The summed E-state index contributed by atoms with van der Waals surface area (Å²) in [4.78, 5) is 12.2. The minimum Gasteiger partial charge on any atom is -0.493 e. The molecule has 0 atom stereocenters. The van der Waals surface area contributed by atoms with E-state index in [0.717, 1.165) is 10.0 Å². The Labute approximate surface area is 143 Å². The molecule has 0 unspecified atom stereocenters. The highest BCUT2D eigenvalue weighted by molar-refractivity contribution is 9.10.